The summed E-state index contributed by atoms with van der Waals surface area (Å²) in [5, 5.41) is 11.7. The predicted octanol–water partition coefficient (Wildman–Crippen LogP) is 3.48. The zero-order chi connectivity index (χ0) is 14.7. The first-order valence-electron chi connectivity index (χ1n) is 5.18. The first kappa shape index (κ1) is 15.3. The summed E-state index contributed by atoms with van der Waals surface area (Å²) in [6.07, 6.45) is 0. The van der Waals surface area contributed by atoms with E-state index in [1.54, 1.807) is 0 Å². The molecule has 1 amide bonds. The third-order valence-electron chi connectivity index (χ3n) is 2.17. The number of carboxylic acid groups (broad SMARTS) is 1. The highest BCUT2D eigenvalue weighted by Gasteiger charge is 2.20. The Hall–Kier alpha value is -1.09. The van der Waals surface area contributed by atoms with E-state index in [4.69, 9.17) is 28.3 Å². The molecule has 0 radical (unpaired) electrons. The summed E-state index contributed by atoms with van der Waals surface area (Å²) in [4.78, 5) is 22.1. The van der Waals surface area contributed by atoms with E-state index < -0.39 is 5.97 Å². The van der Waals surface area contributed by atoms with Crippen molar-refractivity contribution in [2.24, 2.45) is 8.73 Å². The number of carbonyl (C=O) groups excluding carboxylic acids is 1. The van der Waals surface area contributed by atoms with Gasteiger partial charge in [-0.2, -0.15) is 8.73 Å². The lowest BCUT2D eigenvalue weighted by atomic mass is 10.2. The zero-order valence-electron chi connectivity index (χ0n) is 9.72. The number of hydrogen-bond donors (Lipinski definition) is 2. The van der Waals surface area contributed by atoms with Gasteiger partial charge >= 0.3 is 5.97 Å². The van der Waals surface area contributed by atoms with Crippen molar-refractivity contribution in [1.29, 1.82) is 0 Å². The maximum Gasteiger partial charge on any atom is 0.313 e. The van der Waals surface area contributed by atoms with Crippen LogP contribution in [0.1, 0.15) is 0 Å². The quantitative estimate of drug-likeness (QED) is 0.862. The van der Waals surface area contributed by atoms with E-state index in [9.17, 15) is 9.59 Å². The van der Waals surface area contributed by atoms with Gasteiger partial charge in [0.15, 0.2) is 0 Å². The first-order valence-corrected chi connectivity index (χ1v) is 7.82. The number of nitrogens with one attached hydrogen (secondary N) is 1. The number of rotatable bonds is 5. The molecular formula is C10H7Cl2N3O3S2. The maximum absolute atomic E-state index is 11.7. The number of thioether (sulfide) groups is 1. The van der Waals surface area contributed by atoms with Crippen LogP contribution in [0.2, 0.25) is 10.0 Å². The van der Waals surface area contributed by atoms with Gasteiger partial charge in [0.25, 0.3) is 0 Å². The third kappa shape index (κ3) is 3.51. The van der Waals surface area contributed by atoms with Crippen molar-refractivity contribution >= 4 is 75.3 Å². The molecule has 20 heavy (non-hydrogen) atoms. The van der Waals surface area contributed by atoms with E-state index in [-0.39, 0.29) is 22.4 Å². The van der Waals surface area contributed by atoms with E-state index in [2.05, 4.69) is 14.0 Å². The van der Waals surface area contributed by atoms with Crippen LogP contribution in [-0.4, -0.2) is 28.5 Å². The molecular weight excluding hydrogens is 345 g/mol. The summed E-state index contributed by atoms with van der Waals surface area (Å²) < 4.78 is 8.07. The molecule has 0 aromatic heterocycles. The summed E-state index contributed by atoms with van der Waals surface area (Å²) in [7, 11) is 0. The molecule has 1 aromatic carbocycles. The molecule has 106 valence electrons. The molecule has 0 unspecified atom stereocenters. The summed E-state index contributed by atoms with van der Waals surface area (Å²) in [5.74, 6) is -1.48. The standard InChI is InChI=1S/C10H7Cl2N3O3S2/c11-4-1-5(12)9-10(15-20-14-9)8(4)13-6(16)2-19-3-7(17)18/h1H,2-3H2,(H,13,16)(H,17,18). The number of nitrogens with zero attached hydrogens (tertiary/aromatic N) is 2. The van der Waals surface area contributed by atoms with Crippen LogP contribution in [0.5, 0.6) is 0 Å². The lowest BCUT2D eigenvalue weighted by Gasteiger charge is -2.10. The van der Waals surface area contributed by atoms with Crippen LogP contribution < -0.4 is 5.32 Å². The molecule has 2 N–H and O–H groups in total. The minimum atomic E-state index is -0.974. The van der Waals surface area contributed by atoms with Crippen molar-refractivity contribution in [1.82, 2.24) is 0 Å². The van der Waals surface area contributed by atoms with Crippen molar-refractivity contribution < 1.29 is 14.7 Å². The van der Waals surface area contributed by atoms with Gasteiger partial charge in [0, 0.05) is 0 Å². The Bertz CT molecular complexity index is 660. The van der Waals surface area contributed by atoms with Gasteiger partial charge in [-0.1, -0.05) is 23.2 Å². The molecule has 0 spiro atoms. The van der Waals surface area contributed by atoms with Crippen LogP contribution in [0.4, 0.5) is 17.1 Å². The summed E-state index contributed by atoms with van der Waals surface area (Å²) >= 11 is 14.0. The average molecular weight is 352 g/mol. The normalized spacial score (nSPS) is 11.9. The molecule has 10 heteroatoms. The largest absolute Gasteiger partial charge is 0.481 e. The minimum Gasteiger partial charge on any atom is -0.481 e. The molecule has 0 fully saturated rings. The van der Waals surface area contributed by atoms with Crippen LogP contribution in [0.25, 0.3) is 0 Å². The number of benzene rings is 1. The van der Waals surface area contributed by atoms with E-state index in [0.717, 1.165) is 23.1 Å². The van der Waals surface area contributed by atoms with Crippen LogP contribution in [0, 0.1) is 0 Å². The van der Waals surface area contributed by atoms with Gasteiger partial charge in [0.1, 0.15) is 11.4 Å². The van der Waals surface area contributed by atoms with Crippen molar-refractivity contribution in [2.45, 2.75) is 0 Å². The Labute approximate surface area is 131 Å². The average Bonchev–Trinajstić information content (AvgIpc) is 2.83. The van der Waals surface area contributed by atoms with Crippen molar-refractivity contribution in [3.05, 3.63) is 16.1 Å². The SMILES string of the molecule is O=C(O)CSCC(=O)Nc1c(Cl)cc(Cl)c2c1N=S=N2. The minimum absolute atomic E-state index is 0.00428. The van der Waals surface area contributed by atoms with Gasteiger partial charge in [-0.15, -0.1) is 11.8 Å². The van der Waals surface area contributed by atoms with Gasteiger partial charge in [-0.3, -0.25) is 9.59 Å². The summed E-state index contributed by atoms with van der Waals surface area (Å²) in [6.45, 7) is 0. The molecule has 1 aliphatic rings. The first-order chi connectivity index (χ1) is 9.49. The number of anilines is 1. The highest BCUT2D eigenvalue weighted by molar-refractivity contribution is 8.00. The van der Waals surface area contributed by atoms with E-state index in [0.29, 0.717) is 22.1 Å². The molecule has 0 saturated heterocycles. The molecule has 0 aliphatic carbocycles. The van der Waals surface area contributed by atoms with Crippen LogP contribution in [0.15, 0.2) is 14.8 Å². The van der Waals surface area contributed by atoms with E-state index >= 15 is 0 Å². The Balaban J connectivity index is 2.11. The smallest absolute Gasteiger partial charge is 0.313 e. The number of halogens is 2. The van der Waals surface area contributed by atoms with Crippen LogP contribution in [0.3, 0.4) is 0 Å². The third-order valence-corrected chi connectivity index (χ3v) is 4.20. The Morgan fingerprint density at radius 3 is 2.65 bits per heavy atom. The Kier molecular flexibility index (Phi) is 5.03. The summed E-state index contributed by atoms with van der Waals surface area (Å²) in [6, 6.07) is 1.48. The molecule has 0 atom stereocenters. The molecule has 1 heterocycles. The molecule has 6 nitrogen and oxygen atoms in total. The molecule has 1 aliphatic heterocycles. The number of hydrogen-bond acceptors (Lipinski definition) is 5. The fourth-order valence-corrected chi connectivity index (χ4v) is 3.09. The van der Waals surface area contributed by atoms with Crippen molar-refractivity contribution in [2.75, 3.05) is 16.8 Å². The molecule has 2 rings (SSSR count). The summed E-state index contributed by atoms with van der Waals surface area (Å²) in [5.41, 5.74) is 1.22. The topological polar surface area (TPSA) is 91.1 Å². The number of carbonyl (C=O) groups is 2. The second kappa shape index (κ2) is 6.57. The zero-order valence-corrected chi connectivity index (χ0v) is 12.9. The van der Waals surface area contributed by atoms with Gasteiger partial charge in [-0.05, 0) is 6.07 Å². The van der Waals surface area contributed by atoms with E-state index in [1.165, 1.54) is 6.07 Å². The van der Waals surface area contributed by atoms with Gasteiger partial charge in [0.05, 0.1) is 38.6 Å². The molecule has 0 saturated carbocycles. The monoisotopic (exact) mass is 351 g/mol. The van der Waals surface area contributed by atoms with Crippen molar-refractivity contribution in [3.63, 3.8) is 0 Å². The lowest BCUT2D eigenvalue weighted by Crippen LogP contribution is -2.15. The Morgan fingerprint density at radius 2 is 1.95 bits per heavy atom. The second-order valence-electron chi connectivity index (χ2n) is 3.61. The molecule has 0 bridgehead atoms. The number of carboxylic acids is 1. The lowest BCUT2D eigenvalue weighted by molar-refractivity contribution is -0.133. The van der Waals surface area contributed by atoms with Crippen LogP contribution in [-0.2, 0) is 20.9 Å². The van der Waals surface area contributed by atoms with E-state index in [1.807, 2.05) is 0 Å². The second-order valence-corrected chi connectivity index (χ2v) is 5.94. The number of aliphatic carboxylic acids is 1. The maximum atomic E-state index is 11.7. The number of fused-ring (bicyclic) bond motifs is 1. The van der Waals surface area contributed by atoms with Gasteiger partial charge in [0.2, 0.25) is 5.91 Å². The highest BCUT2D eigenvalue weighted by Crippen LogP contribution is 2.47. The highest BCUT2D eigenvalue weighted by atomic mass is 35.5. The number of amides is 1. The van der Waals surface area contributed by atoms with Crippen LogP contribution >= 0.6 is 35.0 Å². The van der Waals surface area contributed by atoms with Gasteiger partial charge in [-0.25, -0.2) is 0 Å². The Morgan fingerprint density at radius 1 is 1.25 bits per heavy atom. The fourth-order valence-electron chi connectivity index (χ4n) is 1.40. The molecule has 1 aromatic rings. The van der Waals surface area contributed by atoms with Crippen molar-refractivity contribution in [3.8, 4) is 0 Å². The fraction of sp³-hybridized carbons (Fsp3) is 0.200. The predicted molar refractivity (Wildman–Crippen MR) is 81.6 cm³/mol. The van der Waals surface area contributed by atoms with Gasteiger partial charge < -0.3 is 10.4 Å².